The highest BCUT2D eigenvalue weighted by molar-refractivity contribution is 5.71. The molecule has 0 amide bonds. The number of esters is 3. The number of hydrogen-bond donors (Lipinski definition) is 0. The zero-order valence-electron chi connectivity index (χ0n) is 51.7. The summed E-state index contributed by atoms with van der Waals surface area (Å²) in [6.07, 6.45) is 100. The molecule has 0 bridgehead atoms. The number of carbonyl (C=O) groups excluding carboxylic acids is 3. The number of hydrogen-bond acceptors (Lipinski definition) is 6. The van der Waals surface area contributed by atoms with Gasteiger partial charge in [0.2, 0.25) is 0 Å². The molecule has 0 aromatic rings. The fourth-order valence-electron chi connectivity index (χ4n) is 8.11. The topological polar surface area (TPSA) is 78.9 Å². The van der Waals surface area contributed by atoms with Crippen molar-refractivity contribution < 1.29 is 28.6 Å². The molecule has 1 unspecified atom stereocenters. The lowest BCUT2D eigenvalue weighted by Gasteiger charge is -2.18. The maximum atomic E-state index is 12.9. The fourth-order valence-corrected chi connectivity index (χ4v) is 8.11. The molecule has 0 saturated heterocycles. The summed E-state index contributed by atoms with van der Waals surface area (Å²) in [5.74, 6) is -1.02. The quantitative estimate of drug-likeness (QED) is 0.0261. The zero-order chi connectivity index (χ0) is 58.5. The van der Waals surface area contributed by atoms with E-state index >= 15 is 0 Å². The molecule has 0 aromatic carbocycles. The van der Waals surface area contributed by atoms with E-state index in [-0.39, 0.29) is 37.5 Å². The minimum absolute atomic E-state index is 0.121. The Bertz CT molecular complexity index is 1900. The predicted octanol–water partition coefficient (Wildman–Crippen LogP) is 22.4. The molecule has 81 heavy (non-hydrogen) atoms. The maximum Gasteiger partial charge on any atom is 0.306 e. The van der Waals surface area contributed by atoms with Crippen LogP contribution in [0.4, 0.5) is 0 Å². The SMILES string of the molecule is CC/C=C\C/C=C\C/C=C\C/C=C\C/C=C\C/C=C\C/C=C\CCCCCCCC(=O)OCC(COC(=O)CCCCCCC/C=C\CCCCCC)OC(=O)CCC/C=C\C/C=C\C/C=C\C/C=C\C/C=C\C/C=C\C/C=C\CC. The monoisotopic (exact) mass is 1110 g/mol. The van der Waals surface area contributed by atoms with Gasteiger partial charge in [0.05, 0.1) is 0 Å². The Morgan fingerprint density at radius 2 is 0.494 bits per heavy atom. The Kier molecular flexibility index (Phi) is 62.5. The molecular formula is C75H116O6. The minimum Gasteiger partial charge on any atom is -0.462 e. The second-order valence-electron chi connectivity index (χ2n) is 20.5. The van der Waals surface area contributed by atoms with Crippen LogP contribution in [0.1, 0.15) is 252 Å². The van der Waals surface area contributed by atoms with Gasteiger partial charge in [0, 0.05) is 19.3 Å². The van der Waals surface area contributed by atoms with Crippen molar-refractivity contribution in [1.29, 1.82) is 0 Å². The normalized spacial score (nSPS) is 13.4. The summed E-state index contributed by atoms with van der Waals surface area (Å²) < 4.78 is 16.8. The summed E-state index contributed by atoms with van der Waals surface area (Å²) in [6.45, 7) is 6.31. The largest absolute Gasteiger partial charge is 0.462 e. The van der Waals surface area contributed by atoms with Gasteiger partial charge in [-0.15, -0.1) is 0 Å². The van der Waals surface area contributed by atoms with Crippen molar-refractivity contribution in [2.75, 3.05) is 13.2 Å². The van der Waals surface area contributed by atoms with Crippen LogP contribution < -0.4 is 0 Å². The molecule has 6 heteroatoms. The molecule has 0 rings (SSSR count). The highest BCUT2D eigenvalue weighted by Crippen LogP contribution is 2.13. The van der Waals surface area contributed by atoms with Gasteiger partial charge in [-0.1, -0.05) is 261 Å². The summed E-state index contributed by atoms with van der Waals surface area (Å²) in [4.78, 5) is 38.3. The summed E-state index contributed by atoms with van der Waals surface area (Å²) in [5, 5.41) is 0. The van der Waals surface area contributed by atoms with Crippen molar-refractivity contribution in [3.05, 3.63) is 182 Å². The molecule has 0 heterocycles. The van der Waals surface area contributed by atoms with E-state index in [2.05, 4.69) is 203 Å². The molecule has 6 nitrogen and oxygen atoms in total. The van der Waals surface area contributed by atoms with Crippen molar-refractivity contribution in [3.8, 4) is 0 Å². The van der Waals surface area contributed by atoms with E-state index in [0.29, 0.717) is 19.3 Å². The summed E-state index contributed by atoms with van der Waals surface area (Å²) >= 11 is 0. The molecule has 0 spiro atoms. The molecule has 452 valence electrons. The van der Waals surface area contributed by atoms with Gasteiger partial charge in [-0.05, 0) is 154 Å². The standard InChI is InChI=1S/C75H116O6/c1-4-7-10-13-16-19-22-25-27-29-31-33-35-36-37-38-40-41-43-45-47-50-53-56-59-62-65-68-74(77)80-71-72(70-79-73(76)67-64-61-58-55-52-49-24-21-18-15-12-9-6-3)81-75(78)69-66-63-60-57-54-51-48-46-44-42-39-34-32-30-28-26-23-20-17-14-11-8-5-2/h7-8,10-11,16-17,19-21,24-28,31-34,36-37,40-42,44-45,47-48,51,57,60,72H,4-6,9,12-15,18,22-23,29-30,35,38-39,43,46,49-50,52-56,58-59,61-71H2,1-3H3/b10-7-,11-8-,19-16-,20-17-,24-21-,27-25-,28-26-,33-31-,34-32-,37-36-,41-40-,44-42-,47-45-,51-48-,60-57-. The molecule has 0 saturated carbocycles. The number of allylic oxidation sites excluding steroid dienone is 30. The van der Waals surface area contributed by atoms with E-state index < -0.39 is 6.10 Å². The van der Waals surface area contributed by atoms with Crippen LogP contribution in [-0.4, -0.2) is 37.2 Å². The van der Waals surface area contributed by atoms with Crippen LogP contribution in [0.15, 0.2) is 182 Å². The first-order chi connectivity index (χ1) is 40.0. The lowest BCUT2D eigenvalue weighted by atomic mass is 10.1. The Morgan fingerprint density at radius 3 is 0.802 bits per heavy atom. The van der Waals surface area contributed by atoms with E-state index in [0.717, 1.165) is 167 Å². The van der Waals surface area contributed by atoms with Crippen molar-refractivity contribution in [2.45, 2.75) is 258 Å². The van der Waals surface area contributed by atoms with Gasteiger partial charge in [-0.3, -0.25) is 14.4 Å². The minimum atomic E-state index is -0.832. The average Bonchev–Trinajstić information content (AvgIpc) is 3.46. The number of rotatable bonds is 56. The molecular weight excluding hydrogens is 997 g/mol. The smallest absolute Gasteiger partial charge is 0.306 e. The van der Waals surface area contributed by atoms with Crippen LogP contribution >= 0.6 is 0 Å². The number of unbranched alkanes of at least 4 members (excludes halogenated alkanes) is 15. The molecule has 0 fully saturated rings. The van der Waals surface area contributed by atoms with Crippen LogP contribution in [-0.2, 0) is 28.6 Å². The number of carbonyl (C=O) groups is 3. The third-order valence-electron chi connectivity index (χ3n) is 12.9. The van der Waals surface area contributed by atoms with Crippen LogP contribution in [0.2, 0.25) is 0 Å². The lowest BCUT2D eigenvalue weighted by molar-refractivity contribution is -0.167. The van der Waals surface area contributed by atoms with Gasteiger partial charge in [0.1, 0.15) is 13.2 Å². The molecule has 0 aromatic heterocycles. The molecule has 0 aliphatic carbocycles. The van der Waals surface area contributed by atoms with Gasteiger partial charge < -0.3 is 14.2 Å². The first-order valence-corrected chi connectivity index (χ1v) is 32.3. The Hall–Kier alpha value is -5.49. The number of ether oxygens (including phenoxy) is 3. The van der Waals surface area contributed by atoms with Crippen LogP contribution in [0.3, 0.4) is 0 Å². The predicted molar refractivity (Wildman–Crippen MR) is 352 cm³/mol. The zero-order valence-corrected chi connectivity index (χ0v) is 51.7. The highest BCUT2D eigenvalue weighted by atomic mass is 16.6. The third-order valence-corrected chi connectivity index (χ3v) is 12.9. The summed E-state index contributed by atoms with van der Waals surface area (Å²) in [5.41, 5.74) is 0. The second-order valence-corrected chi connectivity index (χ2v) is 20.5. The van der Waals surface area contributed by atoms with Gasteiger partial charge in [0.25, 0.3) is 0 Å². The average molecular weight is 1110 g/mol. The van der Waals surface area contributed by atoms with Gasteiger partial charge in [-0.2, -0.15) is 0 Å². The van der Waals surface area contributed by atoms with Crippen molar-refractivity contribution in [2.24, 2.45) is 0 Å². The summed E-state index contributed by atoms with van der Waals surface area (Å²) in [7, 11) is 0. The van der Waals surface area contributed by atoms with E-state index in [1.807, 2.05) is 0 Å². The third kappa shape index (κ3) is 65.2. The molecule has 0 N–H and O–H groups in total. The van der Waals surface area contributed by atoms with Crippen molar-refractivity contribution in [3.63, 3.8) is 0 Å². The Balaban J connectivity index is 4.52. The van der Waals surface area contributed by atoms with Crippen LogP contribution in [0.25, 0.3) is 0 Å². The second kappa shape index (κ2) is 67.0. The van der Waals surface area contributed by atoms with E-state index in [1.54, 1.807) is 0 Å². The first kappa shape index (κ1) is 75.5. The molecule has 0 aliphatic rings. The van der Waals surface area contributed by atoms with Crippen molar-refractivity contribution >= 4 is 17.9 Å². The lowest BCUT2D eigenvalue weighted by Crippen LogP contribution is -2.30. The molecule has 0 aliphatic heterocycles. The molecule has 0 radical (unpaired) electrons. The van der Waals surface area contributed by atoms with Crippen LogP contribution in [0.5, 0.6) is 0 Å². The van der Waals surface area contributed by atoms with Crippen LogP contribution in [0, 0.1) is 0 Å². The van der Waals surface area contributed by atoms with Gasteiger partial charge in [-0.25, -0.2) is 0 Å². The fraction of sp³-hybridized carbons (Fsp3) is 0.560. The maximum absolute atomic E-state index is 12.9. The highest BCUT2D eigenvalue weighted by Gasteiger charge is 2.19. The Morgan fingerprint density at radius 1 is 0.259 bits per heavy atom. The van der Waals surface area contributed by atoms with Crippen molar-refractivity contribution in [1.82, 2.24) is 0 Å². The molecule has 1 atom stereocenters. The first-order valence-electron chi connectivity index (χ1n) is 32.3. The van der Waals surface area contributed by atoms with Gasteiger partial charge in [0.15, 0.2) is 6.10 Å². The van der Waals surface area contributed by atoms with Gasteiger partial charge >= 0.3 is 17.9 Å². The summed E-state index contributed by atoms with van der Waals surface area (Å²) in [6, 6.07) is 0. The Labute approximate surface area is 497 Å². The van der Waals surface area contributed by atoms with E-state index in [1.165, 1.54) is 38.5 Å². The van der Waals surface area contributed by atoms with E-state index in [9.17, 15) is 14.4 Å². The van der Waals surface area contributed by atoms with E-state index in [4.69, 9.17) is 14.2 Å².